The average molecular weight is 567 g/mol. The molecule has 0 saturated carbocycles. The van der Waals surface area contributed by atoms with E-state index < -0.39 is 8.07 Å². The van der Waals surface area contributed by atoms with Crippen molar-refractivity contribution in [2.75, 3.05) is 0 Å². The van der Waals surface area contributed by atoms with Gasteiger partial charge in [-0.25, -0.2) is 9.97 Å². The lowest BCUT2D eigenvalue weighted by atomic mass is 9.96. The van der Waals surface area contributed by atoms with Gasteiger partial charge in [0.1, 0.15) is 8.07 Å². The SMILES string of the molecule is C[Si]1(C)c2ccccc2-c2c1ccc1nc(-c3cccc(-c4cccc(-c5ccccc5)c4)c3)nc(-c3ccccc3)c21. The standard InChI is InChI=1S/C40H30N2Si/c1-43(2)35-22-10-9-21-33(35)37-36(43)24-23-34-38(37)39(28-15-7-4-8-16-28)42-40(41-34)32-20-12-19-31(26-32)30-18-11-17-29(25-30)27-13-5-3-6-14-27/h3-26H,1-2H3. The fourth-order valence-corrected chi connectivity index (χ4v) is 9.77. The summed E-state index contributed by atoms with van der Waals surface area (Å²) in [6.07, 6.45) is 0. The van der Waals surface area contributed by atoms with Crippen molar-refractivity contribution < 1.29 is 0 Å². The molecule has 6 aromatic carbocycles. The molecule has 8 rings (SSSR count). The van der Waals surface area contributed by atoms with Gasteiger partial charge in [0.25, 0.3) is 0 Å². The third kappa shape index (κ3) is 4.24. The topological polar surface area (TPSA) is 25.8 Å². The van der Waals surface area contributed by atoms with Gasteiger partial charge in [-0.1, -0.05) is 140 Å². The predicted molar refractivity (Wildman–Crippen MR) is 183 cm³/mol. The minimum Gasteiger partial charge on any atom is -0.228 e. The van der Waals surface area contributed by atoms with E-state index in [4.69, 9.17) is 9.97 Å². The van der Waals surface area contributed by atoms with Gasteiger partial charge in [0.15, 0.2) is 5.82 Å². The Balaban J connectivity index is 1.32. The van der Waals surface area contributed by atoms with E-state index >= 15 is 0 Å². The van der Waals surface area contributed by atoms with Crippen LogP contribution in [0, 0.1) is 0 Å². The predicted octanol–water partition coefficient (Wildman–Crippen LogP) is 9.10. The van der Waals surface area contributed by atoms with Gasteiger partial charge in [0, 0.05) is 16.5 Å². The Morgan fingerprint density at radius 1 is 0.442 bits per heavy atom. The molecule has 1 aromatic heterocycles. The van der Waals surface area contributed by atoms with Crippen LogP contribution >= 0.6 is 0 Å². The van der Waals surface area contributed by atoms with Crippen molar-refractivity contribution in [3.63, 3.8) is 0 Å². The third-order valence-corrected chi connectivity index (χ3v) is 12.4. The smallest absolute Gasteiger partial charge is 0.160 e. The molecule has 0 saturated heterocycles. The highest BCUT2D eigenvalue weighted by Gasteiger charge is 2.38. The molecule has 0 fully saturated rings. The summed E-state index contributed by atoms with van der Waals surface area (Å²) in [6, 6.07) is 52.0. The van der Waals surface area contributed by atoms with E-state index in [1.807, 2.05) is 0 Å². The van der Waals surface area contributed by atoms with Gasteiger partial charge in [-0.05, 0) is 62.0 Å². The van der Waals surface area contributed by atoms with Crippen molar-refractivity contribution in [2.45, 2.75) is 13.1 Å². The van der Waals surface area contributed by atoms with E-state index in [1.54, 1.807) is 0 Å². The first-order valence-corrected chi connectivity index (χ1v) is 17.8. The van der Waals surface area contributed by atoms with Crippen molar-refractivity contribution in [1.29, 1.82) is 0 Å². The van der Waals surface area contributed by atoms with Crippen LogP contribution in [-0.2, 0) is 0 Å². The van der Waals surface area contributed by atoms with Crippen LogP contribution in [0.4, 0.5) is 0 Å². The lowest BCUT2D eigenvalue weighted by molar-refractivity contribution is 1.23. The van der Waals surface area contributed by atoms with E-state index in [1.165, 1.54) is 38.2 Å². The maximum Gasteiger partial charge on any atom is 0.160 e. The quantitative estimate of drug-likeness (QED) is 0.199. The highest BCUT2D eigenvalue weighted by atomic mass is 28.3. The van der Waals surface area contributed by atoms with Gasteiger partial charge in [-0.15, -0.1) is 0 Å². The molecule has 204 valence electrons. The van der Waals surface area contributed by atoms with Crippen LogP contribution in [0.25, 0.3) is 66.9 Å². The molecule has 0 amide bonds. The first-order valence-electron chi connectivity index (χ1n) is 14.8. The third-order valence-electron chi connectivity index (χ3n) is 8.88. The van der Waals surface area contributed by atoms with E-state index in [9.17, 15) is 0 Å². The lowest BCUT2D eigenvalue weighted by Gasteiger charge is -2.19. The number of aromatic nitrogens is 2. The second-order valence-electron chi connectivity index (χ2n) is 11.8. The number of nitrogens with zero attached hydrogens (tertiary/aromatic N) is 2. The molecule has 1 aliphatic heterocycles. The Labute approximate surface area is 253 Å². The number of hydrogen-bond donors (Lipinski definition) is 0. The Morgan fingerprint density at radius 3 is 1.72 bits per heavy atom. The monoisotopic (exact) mass is 566 g/mol. The van der Waals surface area contributed by atoms with Gasteiger partial charge in [-0.3, -0.25) is 0 Å². The molecule has 2 heterocycles. The molecule has 43 heavy (non-hydrogen) atoms. The highest BCUT2D eigenvalue weighted by Crippen LogP contribution is 2.39. The Hall–Kier alpha value is -5.12. The fourth-order valence-electron chi connectivity index (χ4n) is 6.70. The number of benzene rings is 6. The summed E-state index contributed by atoms with van der Waals surface area (Å²) in [4.78, 5) is 10.6. The molecule has 0 bridgehead atoms. The molecular formula is C40H30N2Si. The summed E-state index contributed by atoms with van der Waals surface area (Å²) in [6.45, 7) is 4.92. The highest BCUT2D eigenvalue weighted by molar-refractivity contribution is 7.04. The molecule has 3 heteroatoms. The second-order valence-corrected chi connectivity index (χ2v) is 16.2. The maximum atomic E-state index is 5.34. The summed E-state index contributed by atoms with van der Waals surface area (Å²) >= 11 is 0. The van der Waals surface area contributed by atoms with Gasteiger partial charge in [0.05, 0.1) is 11.2 Å². The van der Waals surface area contributed by atoms with Crippen LogP contribution in [0.1, 0.15) is 0 Å². The molecule has 0 radical (unpaired) electrons. The summed E-state index contributed by atoms with van der Waals surface area (Å²) in [5.41, 5.74) is 11.5. The number of hydrogen-bond acceptors (Lipinski definition) is 2. The minimum absolute atomic E-state index is 0.746. The zero-order valence-electron chi connectivity index (χ0n) is 24.3. The van der Waals surface area contributed by atoms with Crippen molar-refractivity contribution in [3.05, 3.63) is 146 Å². The molecule has 0 unspecified atom stereocenters. The summed E-state index contributed by atoms with van der Waals surface area (Å²) in [7, 11) is -1.83. The van der Waals surface area contributed by atoms with E-state index in [0.717, 1.165) is 39.1 Å². The van der Waals surface area contributed by atoms with Gasteiger partial charge in [0.2, 0.25) is 0 Å². The summed E-state index contributed by atoms with van der Waals surface area (Å²) in [5, 5.41) is 4.12. The molecule has 0 atom stereocenters. The molecule has 0 aliphatic carbocycles. The maximum absolute atomic E-state index is 5.34. The first kappa shape index (κ1) is 25.6. The van der Waals surface area contributed by atoms with E-state index in [-0.39, 0.29) is 0 Å². The molecule has 0 N–H and O–H groups in total. The van der Waals surface area contributed by atoms with Crippen molar-refractivity contribution in [2.24, 2.45) is 0 Å². The number of fused-ring (bicyclic) bond motifs is 5. The van der Waals surface area contributed by atoms with Crippen molar-refractivity contribution in [3.8, 4) is 56.0 Å². The first-order chi connectivity index (χ1) is 21.1. The van der Waals surface area contributed by atoms with Crippen LogP contribution in [0.5, 0.6) is 0 Å². The lowest BCUT2D eigenvalue weighted by Crippen LogP contribution is -2.49. The largest absolute Gasteiger partial charge is 0.228 e. The Bertz CT molecular complexity index is 2150. The van der Waals surface area contributed by atoms with Gasteiger partial charge in [-0.2, -0.15) is 0 Å². The molecule has 1 aliphatic rings. The van der Waals surface area contributed by atoms with Gasteiger partial charge < -0.3 is 0 Å². The van der Waals surface area contributed by atoms with Crippen molar-refractivity contribution >= 4 is 29.4 Å². The summed E-state index contributed by atoms with van der Waals surface area (Å²) in [5.74, 6) is 0.746. The molecular weight excluding hydrogens is 537 g/mol. The molecule has 7 aromatic rings. The molecule has 2 nitrogen and oxygen atoms in total. The van der Waals surface area contributed by atoms with E-state index in [0.29, 0.717) is 0 Å². The Kier molecular flexibility index (Phi) is 5.95. The van der Waals surface area contributed by atoms with Crippen LogP contribution in [0.3, 0.4) is 0 Å². The summed E-state index contributed by atoms with van der Waals surface area (Å²) < 4.78 is 0. The minimum atomic E-state index is -1.83. The second kappa shape index (κ2) is 10.0. The van der Waals surface area contributed by atoms with Crippen LogP contribution < -0.4 is 10.4 Å². The zero-order valence-corrected chi connectivity index (χ0v) is 25.3. The number of rotatable bonds is 4. The van der Waals surface area contributed by atoms with Crippen LogP contribution in [0.2, 0.25) is 13.1 Å². The van der Waals surface area contributed by atoms with Crippen LogP contribution in [-0.4, -0.2) is 18.0 Å². The zero-order chi connectivity index (χ0) is 29.0. The van der Waals surface area contributed by atoms with Crippen LogP contribution in [0.15, 0.2) is 146 Å². The molecule has 0 spiro atoms. The van der Waals surface area contributed by atoms with E-state index in [2.05, 4.69) is 159 Å². The fraction of sp³-hybridized carbons (Fsp3) is 0.0500. The average Bonchev–Trinajstić information content (AvgIpc) is 3.31. The normalized spacial score (nSPS) is 13.1. The van der Waals surface area contributed by atoms with Gasteiger partial charge >= 0.3 is 0 Å². The van der Waals surface area contributed by atoms with Crippen molar-refractivity contribution in [1.82, 2.24) is 9.97 Å². The Morgan fingerprint density at radius 2 is 1.00 bits per heavy atom.